The van der Waals surface area contributed by atoms with Crippen LogP contribution in [0.1, 0.15) is 46.7 Å². The van der Waals surface area contributed by atoms with E-state index in [4.69, 9.17) is 4.42 Å². The number of hydrogen-bond donors (Lipinski definition) is 3. The first-order valence-corrected chi connectivity index (χ1v) is 8.46. The van der Waals surface area contributed by atoms with Crippen LogP contribution in [0.25, 0.3) is 0 Å². The second kappa shape index (κ2) is 8.84. The molecular weight excluding hydrogens is 334 g/mol. The molecule has 7 heteroatoms. The number of benzene rings is 1. The van der Waals surface area contributed by atoms with Crippen LogP contribution in [0, 0.1) is 6.92 Å². The summed E-state index contributed by atoms with van der Waals surface area (Å²) in [6.07, 6.45) is 2.24. The minimum absolute atomic E-state index is 0.181. The Morgan fingerprint density at radius 2 is 1.92 bits per heavy atom. The maximum atomic E-state index is 12.4. The molecule has 1 aromatic heterocycles. The summed E-state index contributed by atoms with van der Waals surface area (Å²) < 4.78 is 5.06. The van der Waals surface area contributed by atoms with Crippen molar-refractivity contribution in [3.63, 3.8) is 0 Å². The lowest BCUT2D eigenvalue weighted by atomic mass is 10.1. The van der Waals surface area contributed by atoms with Crippen LogP contribution in [0.2, 0.25) is 0 Å². The van der Waals surface area contributed by atoms with Crippen LogP contribution < -0.4 is 16.0 Å². The highest BCUT2D eigenvalue weighted by Crippen LogP contribution is 2.18. The molecule has 1 heterocycles. The first-order valence-electron chi connectivity index (χ1n) is 8.46. The molecule has 0 saturated heterocycles. The third-order valence-corrected chi connectivity index (χ3v) is 3.78. The largest absolute Gasteiger partial charge is 0.459 e. The topological polar surface area (TPSA) is 100 Å². The molecule has 0 aliphatic rings. The fraction of sp³-hybridized carbons (Fsp3) is 0.316. The van der Waals surface area contributed by atoms with Crippen molar-refractivity contribution in [2.75, 3.05) is 11.9 Å². The van der Waals surface area contributed by atoms with Gasteiger partial charge in [-0.1, -0.05) is 13.0 Å². The van der Waals surface area contributed by atoms with Gasteiger partial charge in [-0.25, -0.2) is 0 Å². The minimum atomic E-state index is -0.656. The van der Waals surface area contributed by atoms with Crippen LogP contribution in [-0.2, 0) is 4.79 Å². The molecule has 0 fully saturated rings. The molecule has 26 heavy (non-hydrogen) atoms. The van der Waals surface area contributed by atoms with E-state index in [2.05, 4.69) is 16.0 Å². The molecule has 3 N–H and O–H groups in total. The zero-order chi connectivity index (χ0) is 19.1. The quantitative estimate of drug-likeness (QED) is 0.709. The van der Waals surface area contributed by atoms with E-state index in [1.54, 1.807) is 37.3 Å². The average molecular weight is 357 g/mol. The van der Waals surface area contributed by atoms with Crippen molar-refractivity contribution >= 4 is 23.4 Å². The second-order valence-electron chi connectivity index (χ2n) is 5.95. The maximum Gasteiger partial charge on any atom is 0.291 e. The van der Waals surface area contributed by atoms with Crippen LogP contribution >= 0.6 is 0 Å². The Bertz CT molecular complexity index is 784. The van der Waals surface area contributed by atoms with Gasteiger partial charge < -0.3 is 20.4 Å². The third kappa shape index (κ3) is 4.95. The molecule has 3 amide bonds. The summed E-state index contributed by atoms with van der Waals surface area (Å²) in [5.74, 6) is -0.847. The molecular formula is C19H23N3O4. The summed E-state index contributed by atoms with van der Waals surface area (Å²) >= 11 is 0. The van der Waals surface area contributed by atoms with E-state index >= 15 is 0 Å². The zero-order valence-electron chi connectivity index (χ0n) is 15.1. The van der Waals surface area contributed by atoms with Gasteiger partial charge in [-0.3, -0.25) is 14.4 Å². The standard InChI is InChI=1S/C19H23N3O4/c1-4-9-20-17(23)13(3)21-18(24)14-8-7-12(2)15(11-14)22-19(25)16-6-5-10-26-16/h5-8,10-11,13H,4,9H2,1-3H3,(H,20,23)(H,21,24)(H,22,25)/t13-/m1/s1. The van der Waals surface area contributed by atoms with Crippen LogP contribution in [0.15, 0.2) is 41.0 Å². The number of aryl methyl sites for hydroxylation is 1. The van der Waals surface area contributed by atoms with Gasteiger partial charge in [0.1, 0.15) is 6.04 Å². The Balaban J connectivity index is 2.06. The molecule has 0 radical (unpaired) electrons. The summed E-state index contributed by atoms with van der Waals surface area (Å²) in [7, 11) is 0. The van der Waals surface area contributed by atoms with Gasteiger partial charge in [0.15, 0.2) is 5.76 Å². The predicted octanol–water partition coefficient (Wildman–Crippen LogP) is 2.48. The Labute approximate surface area is 152 Å². The molecule has 0 spiro atoms. The van der Waals surface area contributed by atoms with Crippen LogP contribution in [0.4, 0.5) is 5.69 Å². The fourth-order valence-electron chi connectivity index (χ4n) is 2.24. The van der Waals surface area contributed by atoms with Crippen molar-refractivity contribution in [2.24, 2.45) is 0 Å². The Hall–Kier alpha value is -3.09. The lowest BCUT2D eigenvalue weighted by Gasteiger charge is -2.15. The smallest absolute Gasteiger partial charge is 0.291 e. The van der Waals surface area contributed by atoms with Crippen molar-refractivity contribution in [1.29, 1.82) is 0 Å². The Morgan fingerprint density at radius 3 is 2.58 bits per heavy atom. The summed E-state index contributed by atoms with van der Waals surface area (Å²) in [6, 6.07) is 7.46. The normalized spacial score (nSPS) is 11.5. The molecule has 1 aromatic carbocycles. The highest BCUT2D eigenvalue weighted by molar-refractivity contribution is 6.04. The zero-order valence-corrected chi connectivity index (χ0v) is 15.1. The van der Waals surface area contributed by atoms with Crippen molar-refractivity contribution < 1.29 is 18.8 Å². The number of amides is 3. The van der Waals surface area contributed by atoms with Gasteiger partial charge in [-0.05, 0) is 50.1 Å². The highest BCUT2D eigenvalue weighted by Gasteiger charge is 2.17. The van der Waals surface area contributed by atoms with Crippen LogP contribution in [0.5, 0.6) is 0 Å². The number of anilines is 1. The van der Waals surface area contributed by atoms with E-state index in [0.29, 0.717) is 17.8 Å². The third-order valence-electron chi connectivity index (χ3n) is 3.78. The van der Waals surface area contributed by atoms with E-state index in [1.807, 2.05) is 13.8 Å². The minimum Gasteiger partial charge on any atom is -0.459 e. The molecule has 0 aliphatic carbocycles. The molecule has 0 saturated carbocycles. The molecule has 138 valence electrons. The molecule has 1 atom stereocenters. The highest BCUT2D eigenvalue weighted by atomic mass is 16.3. The van der Waals surface area contributed by atoms with E-state index in [0.717, 1.165) is 12.0 Å². The van der Waals surface area contributed by atoms with Gasteiger partial charge in [0.2, 0.25) is 5.91 Å². The molecule has 7 nitrogen and oxygen atoms in total. The summed E-state index contributed by atoms with van der Waals surface area (Å²) in [4.78, 5) is 36.4. The number of rotatable bonds is 7. The van der Waals surface area contributed by atoms with Crippen molar-refractivity contribution in [3.05, 3.63) is 53.5 Å². The monoisotopic (exact) mass is 357 g/mol. The van der Waals surface area contributed by atoms with Gasteiger partial charge in [0.05, 0.1) is 6.26 Å². The maximum absolute atomic E-state index is 12.4. The van der Waals surface area contributed by atoms with Crippen LogP contribution in [-0.4, -0.2) is 30.3 Å². The van der Waals surface area contributed by atoms with Gasteiger partial charge in [-0.15, -0.1) is 0 Å². The molecule has 0 aliphatic heterocycles. The van der Waals surface area contributed by atoms with Crippen molar-refractivity contribution in [1.82, 2.24) is 10.6 Å². The van der Waals surface area contributed by atoms with Gasteiger partial charge >= 0.3 is 0 Å². The SMILES string of the molecule is CCCNC(=O)[C@@H](C)NC(=O)c1ccc(C)c(NC(=O)c2ccco2)c1. The lowest BCUT2D eigenvalue weighted by molar-refractivity contribution is -0.122. The van der Waals surface area contributed by atoms with Crippen LogP contribution in [0.3, 0.4) is 0 Å². The first kappa shape index (κ1) is 19.2. The molecule has 0 bridgehead atoms. The Morgan fingerprint density at radius 1 is 1.15 bits per heavy atom. The first-order chi connectivity index (χ1) is 12.4. The number of nitrogens with one attached hydrogen (secondary N) is 3. The molecule has 2 rings (SSSR count). The predicted molar refractivity (Wildman–Crippen MR) is 98.1 cm³/mol. The van der Waals surface area contributed by atoms with Gasteiger partial charge in [-0.2, -0.15) is 0 Å². The second-order valence-corrected chi connectivity index (χ2v) is 5.95. The molecule has 0 unspecified atom stereocenters. The van der Waals surface area contributed by atoms with E-state index < -0.39 is 17.9 Å². The molecule has 2 aromatic rings. The number of hydrogen-bond acceptors (Lipinski definition) is 4. The van der Waals surface area contributed by atoms with Crippen molar-refractivity contribution in [2.45, 2.75) is 33.2 Å². The van der Waals surface area contributed by atoms with Gasteiger partial charge in [0, 0.05) is 17.8 Å². The van der Waals surface area contributed by atoms with E-state index in [9.17, 15) is 14.4 Å². The fourth-order valence-corrected chi connectivity index (χ4v) is 2.24. The van der Waals surface area contributed by atoms with Gasteiger partial charge in [0.25, 0.3) is 11.8 Å². The number of furan rings is 1. The summed E-state index contributed by atoms with van der Waals surface area (Å²) in [5.41, 5.74) is 1.65. The Kier molecular flexibility index (Phi) is 6.54. The number of carbonyl (C=O) groups is 3. The summed E-state index contributed by atoms with van der Waals surface area (Å²) in [6.45, 7) is 5.96. The number of carbonyl (C=O) groups excluding carboxylic acids is 3. The van der Waals surface area contributed by atoms with E-state index in [1.165, 1.54) is 6.26 Å². The lowest BCUT2D eigenvalue weighted by Crippen LogP contribution is -2.45. The average Bonchev–Trinajstić information content (AvgIpc) is 3.16. The van der Waals surface area contributed by atoms with Crippen molar-refractivity contribution in [3.8, 4) is 0 Å². The van der Waals surface area contributed by atoms with E-state index in [-0.39, 0.29) is 11.7 Å². The summed E-state index contributed by atoms with van der Waals surface area (Å²) in [5, 5.41) is 8.10.